The molecule has 1 aliphatic rings. The van der Waals surface area contributed by atoms with Crippen molar-refractivity contribution in [1.82, 2.24) is 9.80 Å². The lowest BCUT2D eigenvalue weighted by Crippen LogP contribution is -2.61. The molecule has 1 saturated heterocycles. The lowest BCUT2D eigenvalue weighted by molar-refractivity contribution is 0.0832. The smallest absolute Gasteiger partial charge is 0.250 e. The molecule has 0 spiro atoms. The molecule has 0 aromatic heterocycles. The predicted octanol–water partition coefficient (Wildman–Crippen LogP) is 5.29. The van der Waals surface area contributed by atoms with E-state index < -0.39 is 7.83 Å². The van der Waals surface area contributed by atoms with Crippen molar-refractivity contribution >= 4 is 86.9 Å². The number of rotatable bonds is 1. The maximum absolute atomic E-state index is 6.20. The summed E-state index contributed by atoms with van der Waals surface area (Å²) in [5.41, 5.74) is 0.761. The number of hydrogen-bond donors (Lipinski definition) is 0. The zero-order chi connectivity index (χ0) is 15.8. The summed E-state index contributed by atoms with van der Waals surface area (Å²) in [5, 5.41) is 0.563. The van der Waals surface area contributed by atoms with E-state index in [9.17, 15) is 0 Å². The van der Waals surface area contributed by atoms with Gasteiger partial charge in [-0.25, -0.2) is 9.80 Å². The van der Waals surface area contributed by atoms with E-state index in [1.165, 1.54) is 9.80 Å². The van der Waals surface area contributed by atoms with Gasteiger partial charge in [-0.2, -0.15) is 0 Å². The Morgan fingerprint density at radius 1 is 0.762 bits per heavy atom. The van der Waals surface area contributed by atoms with E-state index in [0.29, 0.717) is 18.4 Å². The van der Waals surface area contributed by atoms with Crippen LogP contribution in [0.5, 0.6) is 0 Å². The lowest BCUT2D eigenvalue weighted by atomic mass is 10.3. The summed E-state index contributed by atoms with van der Waals surface area (Å²) in [7, 11) is 0. The molecule has 0 saturated carbocycles. The maximum atomic E-state index is 6.20. The van der Waals surface area contributed by atoms with Crippen LogP contribution in [-0.2, 0) is 0 Å². The number of halogens is 7. The van der Waals surface area contributed by atoms with E-state index in [0.717, 1.165) is 5.69 Å². The Morgan fingerprint density at radius 2 is 1.24 bits per heavy atom. The molecular formula is C11H10Cl7N3. The van der Waals surface area contributed by atoms with Crippen molar-refractivity contribution in [2.24, 2.45) is 0 Å². The van der Waals surface area contributed by atoms with Crippen molar-refractivity contribution in [2.75, 3.05) is 24.9 Å². The Kier molecular flexibility index (Phi) is 5.96. The highest BCUT2D eigenvalue weighted by Crippen LogP contribution is 2.39. The summed E-state index contributed by atoms with van der Waals surface area (Å²) in [5.74, 6) is 0. The molecule has 1 heterocycles. The van der Waals surface area contributed by atoms with Crippen LogP contribution in [0.15, 0.2) is 24.3 Å². The monoisotopic (exact) mass is 429 g/mol. The van der Waals surface area contributed by atoms with E-state index in [4.69, 9.17) is 81.2 Å². The van der Waals surface area contributed by atoms with Gasteiger partial charge in [-0.3, -0.25) is 0 Å². The van der Waals surface area contributed by atoms with Crippen LogP contribution in [0, 0.1) is 0 Å². The zero-order valence-corrected chi connectivity index (χ0v) is 15.7. The molecule has 1 aromatic rings. The second-order valence-electron chi connectivity index (χ2n) is 4.43. The molecule has 0 aliphatic carbocycles. The van der Waals surface area contributed by atoms with Gasteiger partial charge < -0.3 is 4.90 Å². The summed E-state index contributed by atoms with van der Waals surface area (Å²) in [6, 6.07) is 7.30. The molecule has 118 valence electrons. The van der Waals surface area contributed by atoms with Gasteiger partial charge in [0, 0.05) is 0 Å². The minimum Gasteiger partial charge on any atom is -0.344 e. The molecule has 1 aliphatic heterocycles. The van der Waals surface area contributed by atoms with Crippen LogP contribution in [0.25, 0.3) is 0 Å². The molecule has 10 heteroatoms. The van der Waals surface area contributed by atoms with Crippen molar-refractivity contribution < 1.29 is 0 Å². The van der Waals surface area contributed by atoms with Crippen LogP contribution in [0.4, 0.5) is 5.69 Å². The predicted molar refractivity (Wildman–Crippen MR) is 92.8 cm³/mol. The molecule has 1 aromatic carbocycles. The topological polar surface area (TPSA) is 9.72 Å². The zero-order valence-electron chi connectivity index (χ0n) is 10.4. The molecule has 1 fully saturated rings. The largest absolute Gasteiger partial charge is 0.344 e. The maximum Gasteiger partial charge on any atom is 0.250 e. The second-order valence-corrected chi connectivity index (χ2v) is 9.28. The number of nitrogens with zero attached hydrogens (tertiary/aromatic N) is 3. The standard InChI is InChI=1S/C11H10Cl7N3/c12-8-3-1-2-4-9(8)19-5-20(10(13,14)15)7-21(6-19)11(16,17)18/h1-4H,5-7H2. The molecule has 0 unspecified atom stereocenters. The highest BCUT2D eigenvalue weighted by molar-refractivity contribution is 6.67. The first kappa shape index (κ1) is 18.3. The van der Waals surface area contributed by atoms with Crippen LogP contribution in [-0.4, -0.2) is 37.6 Å². The quantitative estimate of drug-likeness (QED) is 0.441. The van der Waals surface area contributed by atoms with Crippen LogP contribution >= 0.6 is 81.2 Å². The van der Waals surface area contributed by atoms with Gasteiger partial charge in [0.25, 0.3) is 0 Å². The molecule has 21 heavy (non-hydrogen) atoms. The van der Waals surface area contributed by atoms with Gasteiger partial charge in [0.15, 0.2) is 0 Å². The minimum absolute atomic E-state index is 0.188. The number of anilines is 1. The normalized spacial score (nSPS) is 19.1. The average Bonchev–Trinajstić information content (AvgIpc) is 2.36. The SMILES string of the molecule is Clc1ccccc1N1CN(C(Cl)(Cl)Cl)CN(C(Cl)(Cl)Cl)C1. The number of benzene rings is 1. The molecule has 0 N–H and O–H groups in total. The molecule has 3 nitrogen and oxygen atoms in total. The van der Waals surface area contributed by atoms with E-state index in [-0.39, 0.29) is 6.67 Å². The fourth-order valence-corrected chi connectivity index (χ4v) is 2.83. The first-order valence-corrected chi connectivity index (χ1v) is 8.36. The fourth-order valence-electron chi connectivity index (χ4n) is 1.93. The average molecular weight is 432 g/mol. The van der Waals surface area contributed by atoms with Crippen molar-refractivity contribution in [3.63, 3.8) is 0 Å². The van der Waals surface area contributed by atoms with Gasteiger partial charge in [-0.1, -0.05) is 93.3 Å². The van der Waals surface area contributed by atoms with Gasteiger partial charge in [-0.15, -0.1) is 0 Å². The van der Waals surface area contributed by atoms with Crippen molar-refractivity contribution in [3.8, 4) is 0 Å². The Bertz CT molecular complexity index is 477. The highest BCUT2D eigenvalue weighted by Gasteiger charge is 2.42. The van der Waals surface area contributed by atoms with Gasteiger partial charge in [-0.05, 0) is 12.1 Å². The van der Waals surface area contributed by atoms with Gasteiger partial charge in [0.2, 0.25) is 7.83 Å². The van der Waals surface area contributed by atoms with Crippen molar-refractivity contribution in [1.29, 1.82) is 0 Å². The third kappa shape index (κ3) is 4.72. The van der Waals surface area contributed by atoms with Crippen LogP contribution in [0.2, 0.25) is 5.02 Å². The molecule has 0 radical (unpaired) electrons. The van der Waals surface area contributed by atoms with Crippen LogP contribution in [0.1, 0.15) is 0 Å². The Labute approximate surface area is 158 Å². The number of hydrogen-bond acceptors (Lipinski definition) is 3. The third-order valence-corrected chi connectivity index (χ3v) is 4.69. The van der Waals surface area contributed by atoms with Gasteiger partial charge >= 0.3 is 0 Å². The first-order chi connectivity index (χ1) is 9.59. The highest BCUT2D eigenvalue weighted by atomic mass is 35.6. The molecule has 0 amide bonds. The molecular weight excluding hydrogens is 422 g/mol. The lowest BCUT2D eigenvalue weighted by Gasteiger charge is -2.47. The summed E-state index contributed by atoms with van der Waals surface area (Å²) in [6.45, 7) is 0.850. The second kappa shape index (κ2) is 6.84. The van der Waals surface area contributed by atoms with Crippen LogP contribution < -0.4 is 4.90 Å². The Balaban J connectivity index is 2.31. The summed E-state index contributed by atoms with van der Waals surface area (Å²) in [4.78, 5) is 4.92. The van der Waals surface area contributed by atoms with E-state index in [1.54, 1.807) is 6.07 Å². The minimum atomic E-state index is -1.63. The van der Waals surface area contributed by atoms with Gasteiger partial charge in [0.1, 0.15) is 0 Å². The fraction of sp³-hybridized carbons (Fsp3) is 0.455. The third-order valence-electron chi connectivity index (χ3n) is 2.93. The molecule has 0 bridgehead atoms. The Morgan fingerprint density at radius 3 is 1.67 bits per heavy atom. The first-order valence-electron chi connectivity index (χ1n) is 5.72. The molecule has 2 rings (SSSR count). The van der Waals surface area contributed by atoms with Crippen LogP contribution in [0.3, 0.4) is 0 Å². The summed E-state index contributed by atoms with van der Waals surface area (Å²) < 4.78 is -3.26. The van der Waals surface area contributed by atoms with Gasteiger partial charge in [0.05, 0.1) is 30.7 Å². The number of para-hydroxylation sites is 1. The number of alkyl halides is 6. The summed E-state index contributed by atoms with van der Waals surface area (Å²) in [6.07, 6.45) is 0. The van der Waals surface area contributed by atoms with E-state index in [2.05, 4.69) is 0 Å². The summed E-state index contributed by atoms with van der Waals surface area (Å²) >= 11 is 42.0. The van der Waals surface area contributed by atoms with Crippen molar-refractivity contribution in [3.05, 3.63) is 29.3 Å². The van der Waals surface area contributed by atoms with E-state index in [1.807, 2.05) is 23.1 Å². The van der Waals surface area contributed by atoms with Crippen molar-refractivity contribution in [2.45, 2.75) is 7.83 Å². The Hall–Kier alpha value is 0.970. The molecule has 0 atom stereocenters. The van der Waals surface area contributed by atoms with E-state index >= 15 is 0 Å².